The van der Waals surface area contributed by atoms with E-state index in [1.807, 2.05) is 0 Å². The molecule has 1 unspecified atom stereocenters. The lowest BCUT2D eigenvalue weighted by atomic mass is 10.1. The van der Waals surface area contributed by atoms with Gasteiger partial charge in [0.1, 0.15) is 12.3 Å². The van der Waals surface area contributed by atoms with Gasteiger partial charge in [-0.2, -0.15) is 31.3 Å². The molecule has 13 heteroatoms. The van der Waals surface area contributed by atoms with Crippen LogP contribution in [0.4, 0.5) is 26.3 Å². The molecule has 0 aliphatic heterocycles. The van der Waals surface area contributed by atoms with Gasteiger partial charge in [0.15, 0.2) is 12.9 Å². The predicted octanol–water partition coefficient (Wildman–Crippen LogP) is 2.94. The van der Waals surface area contributed by atoms with Crippen molar-refractivity contribution in [2.24, 2.45) is 0 Å². The van der Waals surface area contributed by atoms with Crippen LogP contribution >= 0.6 is 0 Å². The van der Waals surface area contributed by atoms with Crippen molar-refractivity contribution in [3.63, 3.8) is 0 Å². The van der Waals surface area contributed by atoms with E-state index in [-0.39, 0.29) is 24.0 Å². The van der Waals surface area contributed by atoms with Gasteiger partial charge < -0.3 is 14.8 Å². The molecular weight excluding hydrogens is 436 g/mol. The van der Waals surface area contributed by atoms with Crippen LogP contribution in [-0.4, -0.2) is 54.6 Å². The molecule has 0 aromatic carbocycles. The van der Waals surface area contributed by atoms with Gasteiger partial charge in [-0.3, -0.25) is 9.59 Å². The third-order valence-electron chi connectivity index (χ3n) is 3.77. The van der Waals surface area contributed by atoms with Gasteiger partial charge in [0.2, 0.25) is 0 Å². The summed E-state index contributed by atoms with van der Waals surface area (Å²) in [6.07, 6.45) is -3.93. The van der Waals surface area contributed by atoms with E-state index in [4.69, 9.17) is 4.74 Å². The van der Waals surface area contributed by atoms with Crippen molar-refractivity contribution in [1.82, 2.24) is 14.9 Å². The standard InChI is InChI=1S/C18H17F6N3O4/c1-25-7-6-13-14(8-28)26-16(31-10-18(22,23)24)27(15(13)29)11-2-4-12(5-3-11)30-9-17(19,20)21/h2-4,6-8,12,25H,5,9-10H2,1H3/b7-6-. The molecule has 0 saturated carbocycles. The summed E-state index contributed by atoms with van der Waals surface area (Å²) in [6, 6.07) is -0.795. The fourth-order valence-electron chi connectivity index (χ4n) is 2.49. The van der Waals surface area contributed by atoms with Gasteiger partial charge in [-0.15, -0.1) is 0 Å². The Morgan fingerprint density at radius 2 is 1.90 bits per heavy atom. The highest BCUT2D eigenvalue weighted by molar-refractivity contribution is 5.79. The van der Waals surface area contributed by atoms with Crippen molar-refractivity contribution in [3.05, 3.63) is 46.0 Å². The molecular formula is C18H17F6N3O4. The summed E-state index contributed by atoms with van der Waals surface area (Å²) in [6.45, 7) is -3.27. The lowest BCUT2D eigenvalue weighted by Gasteiger charge is -2.21. The van der Waals surface area contributed by atoms with Crippen molar-refractivity contribution in [2.45, 2.75) is 24.9 Å². The minimum atomic E-state index is -4.75. The van der Waals surface area contributed by atoms with Crippen LogP contribution in [0.1, 0.15) is 22.5 Å². The Bertz CT molecular complexity index is 947. The van der Waals surface area contributed by atoms with E-state index in [1.165, 1.54) is 37.6 Å². The first-order valence-corrected chi connectivity index (χ1v) is 8.68. The summed E-state index contributed by atoms with van der Waals surface area (Å²) in [5, 5.41) is 2.60. The lowest BCUT2D eigenvalue weighted by Crippen LogP contribution is -2.30. The molecule has 1 aromatic heterocycles. The third kappa shape index (κ3) is 6.98. The first kappa shape index (κ1) is 24.2. The zero-order chi connectivity index (χ0) is 23.2. The summed E-state index contributed by atoms with van der Waals surface area (Å²) >= 11 is 0. The molecule has 1 aromatic rings. The normalized spacial score (nSPS) is 17.0. The highest BCUT2D eigenvalue weighted by Crippen LogP contribution is 2.24. The molecule has 1 aliphatic carbocycles. The maximum atomic E-state index is 12.9. The van der Waals surface area contributed by atoms with Crippen LogP contribution in [0.25, 0.3) is 11.8 Å². The number of nitrogens with zero attached hydrogens (tertiary/aromatic N) is 2. The van der Waals surface area contributed by atoms with Gasteiger partial charge in [-0.1, -0.05) is 12.2 Å². The van der Waals surface area contributed by atoms with E-state index in [9.17, 15) is 35.9 Å². The number of alkyl halides is 6. The smallest absolute Gasteiger partial charge is 0.422 e. The molecule has 1 heterocycles. The maximum absolute atomic E-state index is 12.9. The molecule has 0 spiro atoms. The quantitative estimate of drug-likeness (QED) is 0.482. The van der Waals surface area contributed by atoms with E-state index in [0.29, 0.717) is 4.57 Å². The molecule has 0 amide bonds. The fraction of sp³-hybridized carbons (Fsp3) is 0.389. The molecule has 1 N–H and O–H groups in total. The Balaban J connectivity index is 2.45. The first-order valence-electron chi connectivity index (χ1n) is 8.68. The highest BCUT2D eigenvalue weighted by Gasteiger charge is 2.31. The molecule has 1 aliphatic rings. The summed E-state index contributed by atoms with van der Waals surface area (Å²) in [5.74, 6) is 0. The fourth-order valence-corrected chi connectivity index (χ4v) is 2.49. The highest BCUT2D eigenvalue weighted by atomic mass is 19.4. The van der Waals surface area contributed by atoms with Crippen LogP contribution in [-0.2, 0) is 4.74 Å². The number of hydrogen-bond acceptors (Lipinski definition) is 6. The van der Waals surface area contributed by atoms with Gasteiger partial charge >= 0.3 is 18.4 Å². The number of carbonyl (C=O) groups excluding carboxylic acids is 1. The number of hydrogen-bond donors (Lipinski definition) is 1. The number of halogens is 6. The molecule has 0 fully saturated rings. The SMILES string of the molecule is CN/C=C\c1c(C=O)nc(OCC(F)(F)F)n(C2=CCC(OCC(F)(F)F)C=C2)c1=O. The molecule has 0 radical (unpaired) electrons. The Labute approximate surface area is 171 Å². The minimum Gasteiger partial charge on any atom is -0.455 e. The number of rotatable bonds is 8. The monoisotopic (exact) mass is 453 g/mol. The molecule has 7 nitrogen and oxygen atoms in total. The minimum absolute atomic E-state index is 0.00177. The first-order chi connectivity index (χ1) is 14.4. The van der Waals surface area contributed by atoms with Crippen LogP contribution in [0.5, 0.6) is 6.01 Å². The topological polar surface area (TPSA) is 82.4 Å². The van der Waals surface area contributed by atoms with Gasteiger partial charge in [0.25, 0.3) is 5.56 Å². The zero-order valence-electron chi connectivity index (χ0n) is 16.0. The number of aromatic nitrogens is 2. The number of allylic oxidation sites excluding steroid dienone is 2. The van der Waals surface area contributed by atoms with Crippen LogP contribution in [0.15, 0.2) is 29.2 Å². The second kappa shape index (κ2) is 9.81. The maximum Gasteiger partial charge on any atom is 0.422 e. The summed E-state index contributed by atoms with van der Waals surface area (Å²) < 4.78 is 84.7. The largest absolute Gasteiger partial charge is 0.455 e. The molecule has 2 rings (SSSR count). The molecule has 31 heavy (non-hydrogen) atoms. The average Bonchev–Trinajstić information content (AvgIpc) is 2.69. The second-order valence-electron chi connectivity index (χ2n) is 6.17. The zero-order valence-corrected chi connectivity index (χ0v) is 16.0. The Morgan fingerprint density at radius 1 is 1.23 bits per heavy atom. The molecule has 0 bridgehead atoms. The van der Waals surface area contributed by atoms with E-state index in [0.717, 1.165) is 0 Å². The van der Waals surface area contributed by atoms with Crippen LogP contribution < -0.4 is 15.6 Å². The van der Waals surface area contributed by atoms with Crippen molar-refractivity contribution in [1.29, 1.82) is 0 Å². The number of carbonyl (C=O) groups is 1. The van der Waals surface area contributed by atoms with Crippen molar-refractivity contribution < 1.29 is 40.6 Å². The van der Waals surface area contributed by atoms with Gasteiger partial charge in [0, 0.05) is 12.7 Å². The van der Waals surface area contributed by atoms with Crippen molar-refractivity contribution in [2.75, 3.05) is 20.3 Å². The van der Waals surface area contributed by atoms with E-state index in [2.05, 4.69) is 15.0 Å². The molecule has 170 valence electrons. The van der Waals surface area contributed by atoms with E-state index >= 15 is 0 Å². The van der Waals surface area contributed by atoms with Crippen molar-refractivity contribution in [3.8, 4) is 6.01 Å². The molecule has 0 saturated heterocycles. The van der Waals surface area contributed by atoms with Gasteiger partial charge in [0.05, 0.1) is 11.7 Å². The second-order valence-corrected chi connectivity index (χ2v) is 6.17. The van der Waals surface area contributed by atoms with Crippen LogP contribution in [0.2, 0.25) is 0 Å². The van der Waals surface area contributed by atoms with Crippen LogP contribution in [0.3, 0.4) is 0 Å². The predicted molar refractivity (Wildman–Crippen MR) is 97.4 cm³/mol. The van der Waals surface area contributed by atoms with Crippen molar-refractivity contribution >= 4 is 18.1 Å². The summed E-state index contributed by atoms with van der Waals surface area (Å²) in [4.78, 5) is 27.9. The number of ether oxygens (including phenoxy) is 2. The molecule has 1 atom stereocenters. The third-order valence-corrected chi connectivity index (χ3v) is 3.77. The summed E-state index contributed by atoms with van der Waals surface area (Å²) in [7, 11) is 1.51. The Morgan fingerprint density at radius 3 is 2.42 bits per heavy atom. The van der Waals surface area contributed by atoms with Gasteiger partial charge in [-0.05, 0) is 24.8 Å². The average molecular weight is 453 g/mol. The Hall–Kier alpha value is -3.09. The van der Waals surface area contributed by atoms with Gasteiger partial charge in [-0.25, -0.2) is 4.57 Å². The lowest BCUT2D eigenvalue weighted by molar-refractivity contribution is -0.180. The number of nitrogens with one attached hydrogen (secondary N) is 1. The number of aldehydes is 1. The van der Waals surface area contributed by atoms with E-state index in [1.54, 1.807) is 0 Å². The van der Waals surface area contributed by atoms with Crippen LogP contribution in [0, 0.1) is 0 Å². The summed E-state index contributed by atoms with van der Waals surface area (Å²) in [5.41, 5.74) is -1.59. The van der Waals surface area contributed by atoms with E-state index < -0.39 is 48.9 Å². The Kier molecular flexibility index (Phi) is 7.65.